The minimum Gasteiger partial charge on any atom is -0.311 e. The van der Waals surface area contributed by atoms with Crippen LogP contribution in [0.5, 0.6) is 0 Å². The van der Waals surface area contributed by atoms with Crippen LogP contribution in [-0.4, -0.2) is 18.3 Å². The highest BCUT2D eigenvalue weighted by Gasteiger charge is 2.43. The summed E-state index contributed by atoms with van der Waals surface area (Å²) in [4.78, 5) is 0. The summed E-state index contributed by atoms with van der Waals surface area (Å²) >= 11 is 0. The van der Waals surface area contributed by atoms with Gasteiger partial charge in [-0.1, -0.05) is 18.6 Å². The molecule has 20 heavy (non-hydrogen) atoms. The van der Waals surface area contributed by atoms with E-state index in [2.05, 4.69) is 24.4 Å². The highest BCUT2D eigenvalue weighted by Crippen LogP contribution is 2.45. The van der Waals surface area contributed by atoms with Crippen molar-refractivity contribution in [3.8, 4) is 0 Å². The Bertz CT molecular complexity index is 376. The van der Waals surface area contributed by atoms with Gasteiger partial charge in [-0.2, -0.15) is 13.2 Å². The first kappa shape index (κ1) is 14.4. The van der Waals surface area contributed by atoms with Crippen LogP contribution in [0.2, 0.25) is 0 Å². The van der Waals surface area contributed by atoms with Crippen molar-refractivity contribution in [1.82, 2.24) is 5.32 Å². The van der Waals surface area contributed by atoms with Crippen LogP contribution in [-0.2, 0) is 0 Å². The molecule has 6 atom stereocenters. The molecule has 0 saturated heterocycles. The Labute approximate surface area is 119 Å². The second kappa shape index (κ2) is 5.36. The van der Waals surface area contributed by atoms with Crippen molar-refractivity contribution in [3.05, 3.63) is 12.2 Å². The van der Waals surface area contributed by atoms with Crippen LogP contribution in [0.1, 0.15) is 45.4 Å². The summed E-state index contributed by atoms with van der Waals surface area (Å²) in [5, 5.41) is 3.51. The molecule has 0 aromatic carbocycles. The summed E-state index contributed by atoms with van der Waals surface area (Å²) in [6.45, 7) is 2.16. The minimum absolute atomic E-state index is 0.0495. The molecule has 114 valence electrons. The van der Waals surface area contributed by atoms with Gasteiger partial charge in [0.25, 0.3) is 0 Å². The van der Waals surface area contributed by atoms with Crippen LogP contribution in [0, 0.1) is 23.7 Å². The average Bonchev–Trinajstić information content (AvgIpc) is 3.00. The standard InChI is InChI=1S/C16H24F3N/c1-10(15-8-11-5-6-12(15)7-11)20-14-4-2-3-13(9-14)16(17,18)19/h5-6,10-15,20H,2-4,7-9H2,1H3. The third-order valence-electron chi connectivity index (χ3n) is 5.61. The van der Waals surface area contributed by atoms with Crippen LogP contribution in [0.25, 0.3) is 0 Å². The van der Waals surface area contributed by atoms with Crippen LogP contribution >= 0.6 is 0 Å². The van der Waals surface area contributed by atoms with E-state index in [4.69, 9.17) is 0 Å². The van der Waals surface area contributed by atoms with Crippen LogP contribution < -0.4 is 5.32 Å². The van der Waals surface area contributed by atoms with Gasteiger partial charge in [-0.25, -0.2) is 0 Å². The lowest BCUT2D eigenvalue weighted by Crippen LogP contribution is -2.46. The second-order valence-corrected chi connectivity index (χ2v) is 7.00. The van der Waals surface area contributed by atoms with Gasteiger partial charge in [-0.05, 0) is 56.8 Å². The Morgan fingerprint density at radius 3 is 2.50 bits per heavy atom. The Morgan fingerprint density at radius 1 is 1.10 bits per heavy atom. The normalized spacial score (nSPS) is 42.1. The summed E-state index contributed by atoms with van der Waals surface area (Å²) in [7, 11) is 0. The molecular formula is C16H24F3N. The van der Waals surface area contributed by atoms with Gasteiger partial charge in [-0.15, -0.1) is 0 Å². The molecule has 2 fully saturated rings. The molecule has 2 bridgehead atoms. The van der Waals surface area contributed by atoms with E-state index >= 15 is 0 Å². The molecule has 0 amide bonds. The fourth-order valence-corrected chi connectivity index (χ4v) is 4.53. The minimum atomic E-state index is -4.02. The van der Waals surface area contributed by atoms with E-state index in [0.29, 0.717) is 30.7 Å². The number of fused-ring (bicyclic) bond motifs is 2. The first-order valence-corrected chi connectivity index (χ1v) is 7.94. The molecule has 3 rings (SSSR count). The molecule has 0 radical (unpaired) electrons. The van der Waals surface area contributed by atoms with Gasteiger partial charge in [0.05, 0.1) is 5.92 Å². The molecule has 3 aliphatic rings. The molecule has 1 nitrogen and oxygen atoms in total. The number of hydrogen-bond donors (Lipinski definition) is 1. The maximum absolute atomic E-state index is 12.8. The molecule has 2 saturated carbocycles. The topological polar surface area (TPSA) is 12.0 Å². The van der Waals surface area contributed by atoms with E-state index in [0.717, 1.165) is 12.3 Å². The maximum atomic E-state index is 12.8. The van der Waals surface area contributed by atoms with Gasteiger partial charge >= 0.3 is 6.18 Å². The lowest BCUT2D eigenvalue weighted by molar-refractivity contribution is -0.184. The number of halogens is 3. The Balaban J connectivity index is 1.54. The summed E-state index contributed by atoms with van der Waals surface area (Å²) < 4.78 is 38.5. The molecule has 0 aromatic rings. The number of rotatable bonds is 3. The molecule has 1 N–H and O–H groups in total. The largest absolute Gasteiger partial charge is 0.391 e. The van der Waals surface area contributed by atoms with Crippen molar-refractivity contribution in [2.24, 2.45) is 23.7 Å². The third-order valence-corrected chi connectivity index (χ3v) is 5.61. The van der Waals surface area contributed by atoms with Crippen LogP contribution in [0.4, 0.5) is 13.2 Å². The van der Waals surface area contributed by atoms with Crippen molar-refractivity contribution in [3.63, 3.8) is 0 Å². The summed E-state index contributed by atoms with van der Waals surface area (Å²) in [6.07, 6.45) is 5.26. The van der Waals surface area contributed by atoms with Gasteiger partial charge in [0, 0.05) is 12.1 Å². The van der Waals surface area contributed by atoms with E-state index < -0.39 is 12.1 Å². The fraction of sp³-hybridized carbons (Fsp3) is 0.875. The number of hydrogen-bond acceptors (Lipinski definition) is 1. The number of nitrogens with one attached hydrogen (secondary N) is 1. The van der Waals surface area contributed by atoms with Gasteiger partial charge in [0.2, 0.25) is 0 Å². The molecule has 4 heteroatoms. The molecule has 0 aliphatic heterocycles. The fourth-order valence-electron chi connectivity index (χ4n) is 4.53. The van der Waals surface area contributed by atoms with Crippen molar-refractivity contribution in [2.45, 2.75) is 63.7 Å². The Hall–Kier alpha value is -0.510. The number of alkyl halides is 3. The zero-order chi connectivity index (χ0) is 14.3. The maximum Gasteiger partial charge on any atom is 0.391 e. The molecule has 0 aromatic heterocycles. The Morgan fingerprint density at radius 2 is 1.90 bits per heavy atom. The molecule has 0 heterocycles. The SMILES string of the molecule is CC(NC1CCCC(C(F)(F)F)C1)C1CC2C=CC1C2. The predicted octanol–water partition coefficient (Wildman–Crippen LogP) is 4.30. The monoisotopic (exact) mass is 287 g/mol. The van der Waals surface area contributed by atoms with Gasteiger partial charge in [0.15, 0.2) is 0 Å². The van der Waals surface area contributed by atoms with E-state index in [1.165, 1.54) is 12.8 Å². The smallest absolute Gasteiger partial charge is 0.311 e. The van der Waals surface area contributed by atoms with E-state index in [-0.39, 0.29) is 12.5 Å². The van der Waals surface area contributed by atoms with E-state index in [9.17, 15) is 13.2 Å². The first-order chi connectivity index (χ1) is 9.43. The lowest BCUT2D eigenvalue weighted by Gasteiger charge is -2.35. The van der Waals surface area contributed by atoms with Crippen molar-refractivity contribution in [2.75, 3.05) is 0 Å². The molecule has 3 aliphatic carbocycles. The predicted molar refractivity (Wildman–Crippen MR) is 73.2 cm³/mol. The molecule has 0 spiro atoms. The zero-order valence-corrected chi connectivity index (χ0v) is 12.0. The van der Waals surface area contributed by atoms with E-state index in [1.54, 1.807) is 0 Å². The number of allylic oxidation sites excluding steroid dienone is 2. The van der Waals surface area contributed by atoms with Crippen LogP contribution in [0.3, 0.4) is 0 Å². The van der Waals surface area contributed by atoms with E-state index in [1.807, 2.05) is 0 Å². The lowest BCUT2D eigenvalue weighted by atomic mass is 9.83. The molecule has 6 unspecified atom stereocenters. The quantitative estimate of drug-likeness (QED) is 0.763. The van der Waals surface area contributed by atoms with Gasteiger partial charge in [-0.3, -0.25) is 0 Å². The van der Waals surface area contributed by atoms with Crippen molar-refractivity contribution >= 4 is 0 Å². The third kappa shape index (κ3) is 2.90. The second-order valence-electron chi connectivity index (χ2n) is 7.00. The van der Waals surface area contributed by atoms with Crippen LogP contribution in [0.15, 0.2) is 12.2 Å². The highest BCUT2D eigenvalue weighted by molar-refractivity contribution is 5.11. The summed E-state index contributed by atoms with van der Waals surface area (Å²) in [5.41, 5.74) is 0. The zero-order valence-electron chi connectivity index (χ0n) is 12.0. The van der Waals surface area contributed by atoms with Crippen molar-refractivity contribution in [1.29, 1.82) is 0 Å². The van der Waals surface area contributed by atoms with Gasteiger partial charge in [0.1, 0.15) is 0 Å². The Kier molecular flexibility index (Phi) is 3.87. The molecular weight excluding hydrogens is 263 g/mol. The van der Waals surface area contributed by atoms with Crippen molar-refractivity contribution < 1.29 is 13.2 Å². The van der Waals surface area contributed by atoms with Gasteiger partial charge < -0.3 is 5.32 Å². The average molecular weight is 287 g/mol. The summed E-state index contributed by atoms with van der Waals surface area (Å²) in [5.74, 6) is 0.908. The highest BCUT2D eigenvalue weighted by atomic mass is 19.4. The first-order valence-electron chi connectivity index (χ1n) is 7.94. The summed E-state index contributed by atoms with van der Waals surface area (Å²) in [6, 6.07) is 0.389.